The van der Waals surface area contributed by atoms with Crippen LogP contribution < -0.4 is 4.90 Å². The minimum Gasteiger partial charge on any atom is -0.307 e. The number of hydrogen-bond donors (Lipinski definition) is 0. The summed E-state index contributed by atoms with van der Waals surface area (Å²) < 4.78 is 2.23. The van der Waals surface area contributed by atoms with Crippen molar-refractivity contribution >= 4 is 50.1 Å². The summed E-state index contributed by atoms with van der Waals surface area (Å²) in [5.74, 6) is 0.173. The zero-order valence-corrected chi connectivity index (χ0v) is 13.8. The number of hydrogen-bond acceptors (Lipinski definition) is 1. The molecule has 4 heteroatoms. The molecule has 1 aliphatic rings. The third-order valence-electron chi connectivity index (χ3n) is 3.23. The van der Waals surface area contributed by atoms with Crippen LogP contribution >= 0.6 is 38.5 Å². The van der Waals surface area contributed by atoms with Gasteiger partial charge < -0.3 is 4.90 Å². The van der Waals surface area contributed by atoms with E-state index < -0.39 is 0 Å². The molecule has 96 valence electrons. The Labute approximate surface area is 134 Å². The lowest BCUT2D eigenvalue weighted by Crippen LogP contribution is -2.25. The molecule has 0 aromatic heterocycles. The molecule has 1 heterocycles. The minimum absolute atomic E-state index is 0.173. The zero-order chi connectivity index (χ0) is 13.4. The van der Waals surface area contributed by atoms with Crippen molar-refractivity contribution in [2.45, 2.75) is 13.0 Å². The first-order valence-corrected chi connectivity index (χ1v) is 7.84. The highest BCUT2D eigenvalue weighted by atomic mass is 127. The molecule has 0 bridgehead atoms. The summed E-state index contributed by atoms with van der Waals surface area (Å²) in [5, 5.41) is 0. The fraction of sp³-hybridized carbons (Fsp3) is 0.133. The molecule has 2 aromatic rings. The van der Waals surface area contributed by atoms with Crippen LogP contribution in [-0.2, 0) is 17.8 Å². The van der Waals surface area contributed by atoms with Crippen molar-refractivity contribution in [3.05, 3.63) is 61.6 Å². The molecule has 2 aromatic carbocycles. The largest absolute Gasteiger partial charge is 0.307 e. The van der Waals surface area contributed by atoms with E-state index in [1.54, 1.807) is 0 Å². The van der Waals surface area contributed by atoms with E-state index in [9.17, 15) is 4.79 Å². The summed E-state index contributed by atoms with van der Waals surface area (Å²) in [4.78, 5) is 14.0. The van der Waals surface area contributed by atoms with Crippen LogP contribution in [0.1, 0.15) is 11.1 Å². The normalized spacial score (nSPS) is 13.8. The van der Waals surface area contributed by atoms with Crippen LogP contribution in [0, 0.1) is 3.57 Å². The van der Waals surface area contributed by atoms with Gasteiger partial charge in [0.1, 0.15) is 0 Å². The number of amides is 1. The van der Waals surface area contributed by atoms with Gasteiger partial charge in [0.05, 0.1) is 13.0 Å². The lowest BCUT2D eigenvalue weighted by atomic mass is 10.1. The Morgan fingerprint density at radius 3 is 2.63 bits per heavy atom. The maximum absolute atomic E-state index is 12.1. The molecule has 0 aliphatic carbocycles. The molecule has 1 aliphatic heterocycles. The van der Waals surface area contributed by atoms with Crippen molar-refractivity contribution < 1.29 is 4.79 Å². The second kappa shape index (κ2) is 5.25. The molecule has 0 saturated heterocycles. The van der Waals surface area contributed by atoms with Gasteiger partial charge in [-0.25, -0.2) is 0 Å². The summed E-state index contributed by atoms with van der Waals surface area (Å²) in [6.45, 7) is 0.643. The summed E-state index contributed by atoms with van der Waals surface area (Å²) in [6.07, 6.45) is 0.499. The summed E-state index contributed by atoms with van der Waals surface area (Å²) >= 11 is 5.73. The molecule has 3 rings (SSSR count). The number of carbonyl (C=O) groups is 1. The molecule has 0 spiro atoms. The Bertz CT molecular complexity index is 639. The maximum atomic E-state index is 12.1. The molecule has 0 saturated carbocycles. The lowest BCUT2D eigenvalue weighted by Gasteiger charge is -2.17. The summed E-state index contributed by atoms with van der Waals surface area (Å²) in [7, 11) is 0. The summed E-state index contributed by atoms with van der Waals surface area (Å²) in [5.41, 5.74) is 3.29. The van der Waals surface area contributed by atoms with Crippen molar-refractivity contribution in [2.75, 3.05) is 4.90 Å². The molecule has 0 radical (unpaired) electrons. The predicted octanol–water partition coefficient (Wildman–Crippen LogP) is 4.14. The van der Waals surface area contributed by atoms with Gasteiger partial charge >= 0.3 is 0 Å². The second-order valence-corrected chi connectivity index (χ2v) is 6.72. The molecule has 0 N–H and O–H groups in total. The van der Waals surface area contributed by atoms with E-state index in [2.05, 4.69) is 62.8 Å². The standard InChI is InChI=1S/C15H11BrINO/c16-12-3-6-14-11(7-12)8-15(19)18(14)9-10-1-4-13(17)5-2-10/h1-7H,8-9H2. The Balaban J connectivity index is 1.90. The second-order valence-electron chi connectivity index (χ2n) is 4.56. The highest BCUT2D eigenvalue weighted by molar-refractivity contribution is 14.1. The van der Waals surface area contributed by atoms with E-state index in [0.29, 0.717) is 13.0 Å². The first kappa shape index (κ1) is 13.1. The van der Waals surface area contributed by atoms with Crippen molar-refractivity contribution in [2.24, 2.45) is 0 Å². The van der Waals surface area contributed by atoms with Crippen LogP contribution in [0.2, 0.25) is 0 Å². The Kier molecular flexibility index (Phi) is 3.62. The van der Waals surface area contributed by atoms with Crippen molar-refractivity contribution in [1.29, 1.82) is 0 Å². The van der Waals surface area contributed by atoms with Crippen LogP contribution in [0.3, 0.4) is 0 Å². The molecule has 0 atom stereocenters. The van der Waals surface area contributed by atoms with Gasteiger partial charge in [-0.3, -0.25) is 4.79 Å². The fourth-order valence-electron chi connectivity index (χ4n) is 2.30. The number of benzene rings is 2. The maximum Gasteiger partial charge on any atom is 0.231 e. The molecular weight excluding hydrogens is 417 g/mol. The Morgan fingerprint density at radius 2 is 1.89 bits per heavy atom. The molecule has 0 unspecified atom stereocenters. The van der Waals surface area contributed by atoms with Gasteiger partial charge in [0.15, 0.2) is 0 Å². The SMILES string of the molecule is O=C1Cc2cc(Br)ccc2N1Cc1ccc(I)cc1. The molecule has 2 nitrogen and oxygen atoms in total. The Morgan fingerprint density at radius 1 is 1.16 bits per heavy atom. The van der Waals surface area contributed by atoms with E-state index in [1.807, 2.05) is 23.1 Å². The van der Waals surface area contributed by atoms with Crippen LogP contribution in [-0.4, -0.2) is 5.91 Å². The van der Waals surface area contributed by atoms with Gasteiger partial charge in [0.25, 0.3) is 0 Å². The molecule has 0 fully saturated rings. The first-order chi connectivity index (χ1) is 9.13. The van der Waals surface area contributed by atoms with Gasteiger partial charge in [0.2, 0.25) is 5.91 Å². The van der Waals surface area contributed by atoms with E-state index in [1.165, 1.54) is 3.57 Å². The smallest absolute Gasteiger partial charge is 0.231 e. The van der Waals surface area contributed by atoms with Gasteiger partial charge in [0, 0.05) is 13.7 Å². The van der Waals surface area contributed by atoms with E-state index >= 15 is 0 Å². The first-order valence-electron chi connectivity index (χ1n) is 5.97. The van der Waals surface area contributed by atoms with Gasteiger partial charge in [-0.15, -0.1) is 0 Å². The minimum atomic E-state index is 0.173. The van der Waals surface area contributed by atoms with E-state index in [0.717, 1.165) is 21.3 Å². The number of carbonyl (C=O) groups excluding carboxylic acids is 1. The van der Waals surface area contributed by atoms with Gasteiger partial charge in [-0.1, -0.05) is 28.1 Å². The van der Waals surface area contributed by atoms with Crippen LogP contribution in [0.4, 0.5) is 5.69 Å². The van der Waals surface area contributed by atoms with Gasteiger partial charge in [-0.05, 0) is 64.0 Å². The number of nitrogens with zero attached hydrogens (tertiary/aromatic N) is 1. The topological polar surface area (TPSA) is 20.3 Å². The fourth-order valence-corrected chi connectivity index (χ4v) is 3.07. The number of fused-ring (bicyclic) bond motifs is 1. The third-order valence-corrected chi connectivity index (χ3v) is 4.44. The predicted molar refractivity (Wildman–Crippen MR) is 88.2 cm³/mol. The van der Waals surface area contributed by atoms with E-state index in [-0.39, 0.29) is 5.91 Å². The Hall–Kier alpha value is -0.880. The molecule has 1 amide bonds. The number of anilines is 1. The lowest BCUT2D eigenvalue weighted by molar-refractivity contribution is -0.117. The molecule has 19 heavy (non-hydrogen) atoms. The van der Waals surface area contributed by atoms with Crippen LogP contribution in [0.15, 0.2) is 46.9 Å². The third kappa shape index (κ3) is 2.69. The van der Waals surface area contributed by atoms with Gasteiger partial charge in [-0.2, -0.15) is 0 Å². The van der Waals surface area contributed by atoms with Crippen molar-refractivity contribution in [1.82, 2.24) is 0 Å². The monoisotopic (exact) mass is 427 g/mol. The number of halogens is 2. The highest BCUT2D eigenvalue weighted by Gasteiger charge is 2.27. The summed E-state index contributed by atoms with van der Waals surface area (Å²) in [6, 6.07) is 14.3. The van der Waals surface area contributed by atoms with E-state index in [4.69, 9.17) is 0 Å². The van der Waals surface area contributed by atoms with Crippen molar-refractivity contribution in [3.8, 4) is 0 Å². The zero-order valence-electron chi connectivity index (χ0n) is 10.1. The average Bonchev–Trinajstić information content (AvgIpc) is 2.68. The quantitative estimate of drug-likeness (QED) is 0.659. The van der Waals surface area contributed by atoms with Crippen molar-refractivity contribution in [3.63, 3.8) is 0 Å². The van der Waals surface area contributed by atoms with Crippen LogP contribution in [0.5, 0.6) is 0 Å². The molecular formula is C15H11BrINO. The number of rotatable bonds is 2. The average molecular weight is 428 g/mol. The highest BCUT2D eigenvalue weighted by Crippen LogP contribution is 2.32. The van der Waals surface area contributed by atoms with Crippen LogP contribution in [0.25, 0.3) is 0 Å².